The Kier molecular flexibility index (Phi) is 5.41. The summed E-state index contributed by atoms with van der Waals surface area (Å²) in [5.41, 5.74) is 5.98. The highest BCUT2D eigenvalue weighted by atomic mass is 79.9. The van der Waals surface area contributed by atoms with E-state index in [4.69, 9.17) is 22.1 Å². The van der Waals surface area contributed by atoms with Crippen molar-refractivity contribution in [1.29, 1.82) is 0 Å². The fourth-order valence-electron chi connectivity index (χ4n) is 1.70. The molecule has 0 aromatic heterocycles. The zero-order valence-corrected chi connectivity index (χ0v) is 13.6. The highest BCUT2D eigenvalue weighted by molar-refractivity contribution is 9.10. The van der Waals surface area contributed by atoms with Crippen LogP contribution in [0.15, 0.2) is 46.9 Å². The average Bonchev–Trinajstić information content (AvgIpc) is 2.46. The minimum absolute atomic E-state index is 0.135. The molecule has 0 heterocycles. The topological polar surface area (TPSA) is 81.4 Å². The molecule has 3 N–H and O–H groups in total. The number of nitrogens with one attached hydrogen (secondary N) is 1. The maximum absolute atomic E-state index is 12.0. The summed E-state index contributed by atoms with van der Waals surface area (Å²) in [5, 5.41) is 2.84. The van der Waals surface area contributed by atoms with E-state index in [1.54, 1.807) is 42.5 Å². The van der Waals surface area contributed by atoms with Crippen molar-refractivity contribution in [2.75, 3.05) is 11.9 Å². The van der Waals surface area contributed by atoms with Gasteiger partial charge in [-0.2, -0.15) is 0 Å². The second-order valence-electron chi connectivity index (χ2n) is 4.35. The minimum Gasteiger partial charge on any atom is -0.484 e. The van der Waals surface area contributed by atoms with Crippen molar-refractivity contribution >= 4 is 45.0 Å². The Morgan fingerprint density at radius 1 is 1.18 bits per heavy atom. The molecule has 0 aliphatic carbocycles. The van der Waals surface area contributed by atoms with Gasteiger partial charge in [-0.1, -0.05) is 27.5 Å². The van der Waals surface area contributed by atoms with Crippen LogP contribution in [-0.2, 0) is 0 Å². The first-order chi connectivity index (χ1) is 10.5. The summed E-state index contributed by atoms with van der Waals surface area (Å²) in [6, 6.07) is 10.8. The van der Waals surface area contributed by atoms with Crippen molar-refractivity contribution in [2.24, 2.45) is 5.73 Å². The van der Waals surface area contributed by atoms with Crippen LogP contribution in [0.25, 0.3) is 0 Å². The summed E-state index contributed by atoms with van der Waals surface area (Å²) < 4.78 is 6.24. The lowest BCUT2D eigenvalue weighted by Gasteiger charge is -2.08. The van der Waals surface area contributed by atoms with Gasteiger partial charge in [-0.25, -0.2) is 4.79 Å². The van der Waals surface area contributed by atoms with Gasteiger partial charge in [-0.15, -0.1) is 0 Å². The number of urea groups is 1. The van der Waals surface area contributed by atoms with Crippen LogP contribution < -0.4 is 15.8 Å². The smallest absolute Gasteiger partial charge is 0.316 e. The Hall–Kier alpha value is -2.05. The van der Waals surface area contributed by atoms with Gasteiger partial charge >= 0.3 is 6.03 Å². The molecule has 0 radical (unpaired) electrons. The van der Waals surface area contributed by atoms with Crippen LogP contribution in [0.3, 0.4) is 0 Å². The maximum Gasteiger partial charge on any atom is 0.316 e. The molecule has 0 aliphatic heterocycles. The third-order valence-corrected chi connectivity index (χ3v) is 3.52. The number of carbonyl (C=O) groups excluding carboxylic acids is 2. The molecule has 22 heavy (non-hydrogen) atoms. The molecule has 0 spiro atoms. The number of ketones is 1. The first-order valence-electron chi connectivity index (χ1n) is 6.23. The monoisotopic (exact) mass is 382 g/mol. The molecule has 0 atom stereocenters. The SMILES string of the molecule is NC(=O)Nc1ccc(C(=O)COc2ccc(Br)cc2Cl)cc1. The number of primary amides is 1. The van der Waals surface area contributed by atoms with Crippen LogP contribution in [0.4, 0.5) is 10.5 Å². The predicted molar refractivity (Wildman–Crippen MR) is 88.6 cm³/mol. The number of hydrogen-bond donors (Lipinski definition) is 2. The zero-order chi connectivity index (χ0) is 16.1. The summed E-state index contributed by atoms with van der Waals surface area (Å²) in [6.45, 7) is -0.135. The lowest BCUT2D eigenvalue weighted by atomic mass is 10.1. The quantitative estimate of drug-likeness (QED) is 0.769. The molecule has 2 amide bonds. The summed E-state index contributed by atoms with van der Waals surface area (Å²) >= 11 is 9.30. The number of halogens is 2. The van der Waals surface area contributed by atoms with Gasteiger partial charge in [-0.05, 0) is 42.5 Å². The summed E-state index contributed by atoms with van der Waals surface area (Å²) in [7, 11) is 0. The highest BCUT2D eigenvalue weighted by Crippen LogP contribution is 2.27. The summed E-state index contributed by atoms with van der Waals surface area (Å²) in [5.74, 6) is 0.231. The van der Waals surface area contributed by atoms with Crippen LogP contribution in [-0.4, -0.2) is 18.4 Å². The van der Waals surface area contributed by atoms with Gasteiger partial charge in [0, 0.05) is 15.7 Å². The average molecular weight is 384 g/mol. The molecule has 2 aromatic carbocycles. The van der Waals surface area contributed by atoms with Crippen molar-refractivity contribution in [3.8, 4) is 5.75 Å². The molecule has 0 saturated heterocycles. The van der Waals surface area contributed by atoms with E-state index in [9.17, 15) is 9.59 Å². The van der Waals surface area contributed by atoms with Crippen molar-refractivity contribution in [3.63, 3.8) is 0 Å². The van der Waals surface area contributed by atoms with Gasteiger partial charge in [0.2, 0.25) is 0 Å². The molecule has 0 unspecified atom stereocenters. The molecule has 0 bridgehead atoms. The van der Waals surface area contributed by atoms with Crippen molar-refractivity contribution in [3.05, 3.63) is 57.5 Å². The molecular weight excluding hydrogens is 372 g/mol. The van der Waals surface area contributed by atoms with Gasteiger partial charge in [0.05, 0.1) is 5.02 Å². The molecule has 5 nitrogen and oxygen atoms in total. The van der Waals surface area contributed by atoms with Crippen LogP contribution in [0.1, 0.15) is 10.4 Å². The Morgan fingerprint density at radius 3 is 2.45 bits per heavy atom. The number of anilines is 1. The van der Waals surface area contributed by atoms with Crippen LogP contribution in [0.5, 0.6) is 5.75 Å². The van der Waals surface area contributed by atoms with Gasteiger partial charge in [0.25, 0.3) is 0 Å². The highest BCUT2D eigenvalue weighted by Gasteiger charge is 2.09. The molecule has 7 heteroatoms. The van der Waals surface area contributed by atoms with Crippen molar-refractivity contribution in [1.82, 2.24) is 0 Å². The number of ether oxygens (including phenoxy) is 1. The second kappa shape index (κ2) is 7.29. The lowest BCUT2D eigenvalue weighted by molar-refractivity contribution is 0.0921. The molecule has 0 saturated carbocycles. The molecule has 2 rings (SSSR count). The molecule has 2 aromatic rings. The van der Waals surface area contributed by atoms with E-state index >= 15 is 0 Å². The van der Waals surface area contributed by atoms with E-state index in [2.05, 4.69) is 21.2 Å². The van der Waals surface area contributed by atoms with Crippen LogP contribution >= 0.6 is 27.5 Å². The largest absolute Gasteiger partial charge is 0.484 e. The number of rotatable bonds is 5. The second-order valence-corrected chi connectivity index (χ2v) is 5.68. The van der Waals surface area contributed by atoms with E-state index in [1.165, 1.54) is 0 Å². The Balaban J connectivity index is 1.98. The minimum atomic E-state index is -0.660. The first-order valence-corrected chi connectivity index (χ1v) is 7.40. The Labute approximate surface area is 140 Å². The van der Waals surface area contributed by atoms with E-state index < -0.39 is 6.03 Å². The Bertz CT molecular complexity index is 704. The standard InChI is InChI=1S/C15H12BrClN2O3/c16-10-3-6-14(12(17)7-10)22-8-13(20)9-1-4-11(5-2-9)19-15(18)21/h1-7H,8H2,(H3,18,19,21). The van der Waals surface area contributed by atoms with Gasteiger partial charge < -0.3 is 15.8 Å². The van der Waals surface area contributed by atoms with E-state index in [1.807, 2.05) is 0 Å². The fourth-order valence-corrected chi connectivity index (χ4v) is 2.43. The number of benzene rings is 2. The van der Waals surface area contributed by atoms with Crippen LogP contribution in [0, 0.1) is 0 Å². The molecule has 0 aliphatic rings. The first kappa shape index (κ1) is 16.3. The maximum atomic E-state index is 12.0. The normalized spacial score (nSPS) is 10.1. The van der Waals surface area contributed by atoms with Gasteiger partial charge in [0.15, 0.2) is 12.4 Å². The van der Waals surface area contributed by atoms with Crippen molar-refractivity contribution < 1.29 is 14.3 Å². The van der Waals surface area contributed by atoms with Crippen LogP contribution in [0.2, 0.25) is 5.02 Å². The van der Waals surface area contributed by atoms with Crippen molar-refractivity contribution in [2.45, 2.75) is 0 Å². The van der Waals surface area contributed by atoms with Gasteiger partial charge in [0.1, 0.15) is 5.75 Å². The van der Waals surface area contributed by atoms with E-state index in [0.29, 0.717) is 22.0 Å². The summed E-state index contributed by atoms with van der Waals surface area (Å²) in [4.78, 5) is 22.8. The van der Waals surface area contributed by atoms with E-state index in [-0.39, 0.29) is 12.4 Å². The lowest BCUT2D eigenvalue weighted by Crippen LogP contribution is -2.19. The predicted octanol–water partition coefficient (Wildman–Crippen LogP) is 3.85. The number of amides is 2. The third kappa shape index (κ3) is 4.47. The molecular formula is C15H12BrClN2O3. The number of Topliss-reactive ketones (excluding diaryl/α,β-unsaturated/α-hetero) is 1. The zero-order valence-electron chi connectivity index (χ0n) is 11.3. The Morgan fingerprint density at radius 2 is 1.86 bits per heavy atom. The number of carbonyl (C=O) groups is 2. The number of hydrogen-bond acceptors (Lipinski definition) is 3. The number of nitrogens with two attached hydrogens (primary N) is 1. The van der Waals surface area contributed by atoms with E-state index in [0.717, 1.165) is 4.47 Å². The third-order valence-electron chi connectivity index (χ3n) is 2.73. The molecule has 114 valence electrons. The fraction of sp³-hybridized carbons (Fsp3) is 0.0667. The van der Waals surface area contributed by atoms with Gasteiger partial charge in [-0.3, -0.25) is 4.79 Å². The molecule has 0 fully saturated rings. The summed E-state index contributed by atoms with van der Waals surface area (Å²) in [6.07, 6.45) is 0.